The molecule has 2 aromatic carbocycles. The van der Waals surface area contributed by atoms with Gasteiger partial charge in [-0.05, 0) is 41.8 Å². The molecule has 0 bridgehead atoms. The van der Waals surface area contributed by atoms with Crippen LogP contribution in [-0.2, 0) is 25.3 Å². The Balaban J connectivity index is 1.70. The van der Waals surface area contributed by atoms with Gasteiger partial charge in [0.1, 0.15) is 12.4 Å². The maximum absolute atomic E-state index is 6.26. The van der Waals surface area contributed by atoms with E-state index in [-0.39, 0.29) is 0 Å². The average Bonchev–Trinajstić information content (AvgIpc) is 3.08. The number of ether oxygens (including phenoxy) is 1. The first-order valence-electron chi connectivity index (χ1n) is 8.92. The van der Waals surface area contributed by atoms with E-state index >= 15 is 0 Å². The summed E-state index contributed by atoms with van der Waals surface area (Å²) in [6, 6.07) is 13.6. The highest BCUT2D eigenvalue weighted by molar-refractivity contribution is 7.98. The van der Waals surface area contributed by atoms with Gasteiger partial charge in [-0.15, -0.1) is 16.8 Å². The van der Waals surface area contributed by atoms with Crippen LogP contribution in [0.2, 0.25) is 10.0 Å². The number of rotatable bonds is 9. The van der Waals surface area contributed by atoms with E-state index in [1.165, 1.54) is 17.3 Å². The van der Waals surface area contributed by atoms with Crippen LogP contribution in [0.1, 0.15) is 23.9 Å². The second-order valence-electron chi connectivity index (χ2n) is 6.07. The van der Waals surface area contributed by atoms with Gasteiger partial charge in [0.15, 0.2) is 11.0 Å². The fourth-order valence-corrected chi connectivity index (χ4v) is 4.33. The van der Waals surface area contributed by atoms with Crippen molar-refractivity contribution < 1.29 is 4.74 Å². The third-order valence-electron chi connectivity index (χ3n) is 4.21. The van der Waals surface area contributed by atoms with E-state index in [9.17, 15) is 0 Å². The first-order chi connectivity index (χ1) is 13.6. The van der Waals surface area contributed by atoms with Crippen LogP contribution < -0.4 is 4.74 Å². The molecule has 0 radical (unpaired) electrons. The summed E-state index contributed by atoms with van der Waals surface area (Å²) in [6.07, 6.45) is 2.82. The van der Waals surface area contributed by atoms with Crippen molar-refractivity contribution in [2.75, 3.05) is 0 Å². The van der Waals surface area contributed by atoms with Gasteiger partial charge in [0.2, 0.25) is 0 Å². The lowest BCUT2D eigenvalue weighted by molar-refractivity contribution is 0.289. The van der Waals surface area contributed by atoms with Crippen LogP contribution in [-0.4, -0.2) is 14.8 Å². The Morgan fingerprint density at radius 3 is 2.46 bits per heavy atom. The summed E-state index contributed by atoms with van der Waals surface area (Å²) in [7, 11) is 0. The molecular formula is C21H21Cl2N3OS. The van der Waals surface area contributed by atoms with E-state index in [1.54, 1.807) is 0 Å². The molecule has 0 aliphatic carbocycles. The number of nitrogens with zero attached hydrogens (tertiary/aromatic N) is 3. The maximum atomic E-state index is 6.26. The van der Waals surface area contributed by atoms with Gasteiger partial charge >= 0.3 is 0 Å². The third-order valence-corrected chi connectivity index (χ3v) is 5.91. The van der Waals surface area contributed by atoms with Gasteiger partial charge in [-0.2, -0.15) is 0 Å². The van der Waals surface area contributed by atoms with Crippen LogP contribution in [0.15, 0.2) is 60.3 Å². The summed E-state index contributed by atoms with van der Waals surface area (Å²) in [6.45, 7) is 6.89. The lowest BCUT2D eigenvalue weighted by atomic mass is 10.2. The highest BCUT2D eigenvalue weighted by Crippen LogP contribution is 2.31. The number of thioether (sulfide) groups is 1. The summed E-state index contributed by atoms with van der Waals surface area (Å²) in [5.41, 5.74) is 2.16. The maximum Gasteiger partial charge on any atom is 0.191 e. The Labute approximate surface area is 179 Å². The number of aromatic nitrogens is 3. The number of allylic oxidation sites excluding steroid dienone is 1. The Kier molecular flexibility index (Phi) is 7.43. The second-order valence-corrected chi connectivity index (χ2v) is 7.83. The smallest absolute Gasteiger partial charge is 0.191 e. The molecule has 146 valence electrons. The van der Waals surface area contributed by atoms with E-state index in [1.807, 2.05) is 41.0 Å². The first-order valence-corrected chi connectivity index (χ1v) is 10.7. The zero-order chi connectivity index (χ0) is 19.9. The van der Waals surface area contributed by atoms with Crippen molar-refractivity contribution >= 4 is 35.0 Å². The minimum absolute atomic E-state index is 0.333. The summed E-state index contributed by atoms with van der Waals surface area (Å²) in [4.78, 5) is 0. The average molecular weight is 434 g/mol. The monoisotopic (exact) mass is 433 g/mol. The summed E-state index contributed by atoms with van der Waals surface area (Å²) >= 11 is 14.1. The zero-order valence-corrected chi connectivity index (χ0v) is 17.9. The van der Waals surface area contributed by atoms with E-state index in [0.29, 0.717) is 28.9 Å². The molecule has 28 heavy (non-hydrogen) atoms. The quantitative estimate of drug-likeness (QED) is 0.297. The Hall–Kier alpha value is -1.95. The van der Waals surface area contributed by atoms with Gasteiger partial charge in [0.25, 0.3) is 0 Å². The van der Waals surface area contributed by atoms with Crippen LogP contribution in [0.4, 0.5) is 0 Å². The molecule has 0 aliphatic rings. The Morgan fingerprint density at radius 1 is 1.11 bits per heavy atom. The van der Waals surface area contributed by atoms with E-state index < -0.39 is 0 Å². The van der Waals surface area contributed by atoms with Crippen molar-refractivity contribution in [1.29, 1.82) is 0 Å². The zero-order valence-electron chi connectivity index (χ0n) is 15.6. The lowest BCUT2D eigenvalue weighted by Gasteiger charge is -2.10. The topological polar surface area (TPSA) is 39.9 Å². The summed E-state index contributed by atoms with van der Waals surface area (Å²) < 4.78 is 7.87. The van der Waals surface area contributed by atoms with Crippen LogP contribution >= 0.6 is 35.0 Å². The molecule has 0 atom stereocenters. The largest absolute Gasteiger partial charge is 0.486 e. The molecule has 1 aromatic heterocycles. The second kappa shape index (κ2) is 10.0. The minimum Gasteiger partial charge on any atom is -0.486 e. The molecular weight excluding hydrogens is 413 g/mol. The standard InChI is InChI=1S/C21H21Cl2N3OS/c1-3-12-26-20(13-27-16-10-8-15(4-2)9-11-16)24-25-21(26)28-14-17-18(22)6-5-7-19(17)23/h3,5-11H,1,4,12-14H2,2H3. The Morgan fingerprint density at radius 2 is 1.82 bits per heavy atom. The van der Waals surface area contributed by atoms with E-state index in [0.717, 1.165) is 28.7 Å². The fraction of sp³-hybridized carbons (Fsp3) is 0.238. The SMILES string of the molecule is C=CCn1c(COc2ccc(CC)cc2)nnc1SCc1c(Cl)cccc1Cl. The molecule has 1 heterocycles. The molecule has 0 saturated carbocycles. The third kappa shape index (κ3) is 5.10. The molecule has 0 N–H and O–H groups in total. The fourth-order valence-electron chi connectivity index (χ4n) is 2.62. The minimum atomic E-state index is 0.333. The van der Waals surface area contributed by atoms with Gasteiger partial charge in [-0.3, -0.25) is 4.57 Å². The van der Waals surface area contributed by atoms with Crippen LogP contribution in [0.5, 0.6) is 5.75 Å². The number of aryl methyl sites for hydroxylation is 1. The molecule has 0 amide bonds. The lowest BCUT2D eigenvalue weighted by Crippen LogP contribution is -2.07. The molecule has 3 aromatic rings. The number of benzene rings is 2. The number of hydrogen-bond acceptors (Lipinski definition) is 4. The van der Waals surface area contributed by atoms with Gasteiger partial charge in [0.05, 0.1) is 0 Å². The van der Waals surface area contributed by atoms with Crippen LogP contribution in [0.3, 0.4) is 0 Å². The Bertz CT molecular complexity index is 921. The van der Waals surface area contributed by atoms with Crippen molar-refractivity contribution in [2.24, 2.45) is 0 Å². The molecule has 4 nitrogen and oxygen atoms in total. The molecule has 0 aliphatic heterocycles. The van der Waals surface area contributed by atoms with Crippen molar-refractivity contribution in [3.63, 3.8) is 0 Å². The van der Waals surface area contributed by atoms with E-state index in [2.05, 4.69) is 35.8 Å². The predicted molar refractivity (Wildman–Crippen MR) is 116 cm³/mol. The van der Waals surface area contributed by atoms with Gasteiger partial charge in [0, 0.05) is 22.3 Å². The first kappa shape index (κ1) is 20.8. The molecule has 0 unspecified atom stereocenters. The van der Waals surface area contributed by atoms with Gasteiger partial charge in [-0.1, -0.05) is 66.2 Å². The van der Waals surface area contributed by atoms with Crippen molar-refractivity contribution in [3.05, 3.63) is 82.1 Å². The van der Waals surface area contributed by atoms with Crippen molar-refractivity contribution in [1.82, 2.24) is 14.8 Å². The molecule has 0 spiro atoms. The highest BCUT2D eigenvalue weighted by Gasteiger charge is 2.14. The van der Waals surface area contributed by atoms with E-state index in [4.69, 9.17) is 27.9 Å². The molecule has 0 saturated heterocycles. The van der Waals surface area contributed by atoms with Crippen LogP contribution in [0.25, 0.3) is 0 Å². The molecule has 0 fully saturated rings. The summed E-state index contributed by atoms with van der Waals surface area (Å²) in [5.74, 6) is 2.15. The van der Waals surface area contributed by atoms with Crippen molar-refractivity contribution in [2.45, 2.75) is 37.4 Å². The molecule has 3 rings (SSSR count). The van der Waals surface area contributed by atoms with Gasteiger partial charge < -0.3 is 4.74 Å². The number of halogens is 2. The molecule has 7 heteroatoms. The normalized spacial score (nSPS) is 10.8. The highest BCUT2D eigenvalue weighted by atomic mass is 35.5. The predicted octanol–water partition coefficient (Wildman–Crippen LogP) is 6.20. The number of hydrogen-bond donors (Lipinski definition) is 0. The summed E-state index contributed by atoms with van der Waals surface area (Å²) in [5, 5.41) is 10.7. The van der Waals surface area contributed by atoms with Gasteiger partial charge in [-0.25, -0.2) is 0 Å². The van der Waals surface area contributed by atoms with Crippen molar-refractivity contribution in [3.8, 4) is 5.75 Å². The van der Waals surface area contributed by atoms with Crippen LogP contribution in [0, 0.1) is 0 Å².